The lowest BCUT2D eigenvalue weighted by molar-refractivity contribution is 0.0158. The first kappa shape index (κ1) is 11.1. The number of hydrogen-bond donors (Lipinski definition) is 0. The summed E-state index contributed by atoms with van der Waals surface area (Å²) in [5, 5.41) is 0.576. The minimum absolute atomic E-state index is 0.139. The topological polar surface area (TPSA) is 26.3 Å². The molecule has 0 N–H and O–H groups in total. The van der Waals surface area contributed by atoms with E-state index in [0.717, 1.165) is 12.3 Å². The minimum Gasteiger partial charge on any atom is -0.458 e. The largest absolute Gasteiger partial charge is 0.458 e. The zero-order valence-electron chi connectivity index (χ0n) is 9.56. The summed E-state index contributed by atoms with van der Waals surface area (Å²) in [7, 11) is 0. The zero-order valence-corrected chi connectivity index (χ0v) is 10.3. The molecule has 2 aliphatic rings. The summed E-state index contributed by atoms with van der Waals surface area (Å²) in [6.45, 7) is 0. The molecule has 1 aromatic rings. The first-order valence-corrected chi connectivity index (χ1v) is 6.57. The van der Waals surface area contributed by atoms with Crippen LogP contribution in [0.15, 0.2) is 24.3 Å². The second kappa shape index (κ2) is 4.34. The van der Waals surface area contributed by atoms with E-state index in [1.165, 1.54) is 19.3 Å². The van der Waals surface area contributed by atoms with Crippen molar-refractivity contribution in [3.8, 4) is 0 Å². The van der Waals surface area contributed by atoms with Crippen LogP contribution in [0.5, 0.6) is 0 Å². The van der Waals surface area contributed by atoms with Gasteiger partial charge in [-0.3, -0.25) is 0 Å². The number of halogens is 1. The van der Waals surface area contributed by atoms with Crippen LogP contribution in [0.4, 0.5) is 0 Å². The van der Waals surface area contributed by atoms with Gasteiger partial charge < -0.3 is 4.74 Å². The van der Waals surface area contributed by atoms with E-state index in [0.29, 0.717) is 16.5 Å². The highest BCUT2D eigenvalue weighted by Gasteiger charge is 2.41. The van der Waals surface area contributed by atoms with Crippen molar-refractivity contribution < 1.29 is 9.53 Å². The van der Waals surface area contributed by atoms with Gasteiger partial charge in [0, 0.05) is 5.02 Å². The van der Waals surface area contributed by atoms with Crippen LogP contribution in [0, 0.1) is 11.8 Å². The number of esters is 1. The van der Waals surface area contributed by atoms with Gasteiger partial charge in [0.1, 0.15) is 6.10 Å². The summed E-state index contributed by atoms with van der Waals surface area (Å²) in [4.78, 5) is 11.9. The van der Waals surface area contributed by atoms with E-state index in [2.05, 4.69) is 0 Å². The van der Waals surface area contributed by atoms with Gasteiger partial charge in [0.15, 0.2) is 0 Å². The van der Waals surface area contributed by atoms with Crippen LogP contribution in [0.25, 0.3) is 0 Å². The van der Waals surface area contributed by atoms with E-state index >= 15 is 0 Å². The van der Waals surface area contributed by atoms with Crippen molar-refractivity contribution in [1.29, 1.82) is 0 Å². The average Bonchev–Trinajstić information content (AvgIpc) is 2.91. The Morgan fingerprint density at radius 3 is 2.82 bits per heavy atom. The van der Waals surface area contributed by atoms with E-state index in [9.17, 15) is 4.79 Å². The predicted octanol–water partition coefficient (Wildman–Crippen LogP) is 3.69. The first-order valence-electron chi connectivity index (χ1n) is 6.19. The summed E-state index contributed by atoms with van der Waals surface area (Å²) >= 11 is 5.86. The Kier molecular flexibility index (Phi) is 2.83. The lowest BCUT2D eigenvalue weighted by atomic mass is 9.98. The maximum absolute atomic E-state index is 11.9. The smallest absolute Gasteiger partial charge is 0.338 e. The molecule has 3 unspecified atom stereocenters. The molecule has 0 saturated heterocycles. The SMILES string of the molecule is O=C(OC1CC2CCC1C2)c1cccc(Cl)c1. The molecule has 90 valence electrons. The normalized spacial score (nSPS) is 30.5. The number of rotatable bonds is 2. The molecule has 3 rings (SSSR count). The van der Waals surface area contributed by atoms with Crippen LogP contribution >= 0.6 is 11.6 Å². The van der Waals surface area contributed by atoms with Gasteiger partial charge in [-0.15, -0.1) is 0 Å². The Labute approximate surface area is 106 Å². The lowest BCUT2D eigenvalue weighted by Crippen LogP contribution is -2.24. The molecule has 3 heteroatoms. The van der Waals surface area contributed by atoms with Crippen LogP contribution < -0.4 is 0 Å². The number of benzene rings is 1. The molecule has 2 aliphatic carbocycles. The van der Waals surface area contributed by atoms with Crippen LogP contribution in [-0.2, 0) is 4.74 Å². The molecule has 2 nitrogen and oxygen atoms in total. The van der Waals surface area contributed by atoms with Crippen molar-refractivity contribution in [1.82, 2.24) is 0 Å². The summed E-state index contributed by atoms with van der Waals surface area (Å²) in [5.74, 6) is 1.16. The Morgan fingerprint density at radius 2 is 2.18 bits per heavy atom. The fourth-order valence-corrected chi connectivity index (χ4v) is 3.34. The minimum atomic E-state index is -0.231. The van der Waals surface area contributed by atoms with E-state index < -0.39 is 0 Å². The van der Waals surface area contributed by atoms with Crippen LogP contribution in [0.3, 0.4) is 0 Å². The Bertz CT molecular complexity index is 444. The van der Waals surface area contributed by atoms with Crippen molar-refractivity contribution in [2.45, 2.75) is 31.8 Å². The van der Waals surface area contributed by atoms with Gasteiger partial charge in [0.25, 0.3) is 0 Å². The summed E-state index contributed by atoms with van der Waals surface area (Å²) < 4.78 is 5.59. The van der Waals surface area contributed by atoms with Gasteiger partial charge in [-0.1, -0.05) is 17.7 Å². The van der Waals surface area contributed by atoms with E-state index in [1.807, 2.05) is 0 Å². The highest BCUT2D eigenvalue weighted by atomic mass is 35.5. The van der Waals surface area contributed by atoms with E-state index in [-0.39, 0.29) is 12.1 Å². The molecule has 0 aliphatic heterocycles. The quantitative estimate of drug-likeness (QED) is 0.749. The van der Waals surface area contributed by atoms with Gasteiger partial charge >= 0.3 is 5.97 Å². The second-order valence-electron chi connectivity index (χ2n) is 5.13. The van der Waals surface area contributed by atoms with Crippen molar-refractivity contribution in [2.24, 2.45) is 11.8 Å². The first-order chi connectivity index (χ1) is 8.22. The second-order valence-corrected chi connectivity index (χ2v) is 5.57. The molecule has 2 bridgehead atoms. The summed E-state index contributed by atoms with van der Waals surface area (Å²) in [6, 6.07) is 6.95. The van der Waals surface area contributed by atoms with Gasteiger partial charge in [-0.2, -0.15) is 0 Å². The molecule has 0 aromatic heterocycles. The van der Waals surface area contributed by atoms with Crippen molar-refractivity contribution in [3.05, 3.63) is 34.9 Å². The van der Waals surface area contributed by atoms with Crippen LogP contribution in [0.1, 0.15) is 36.0 Å². The predicted molar refractivity (Wildman–Crippen MR) is 66.1 cm³/mol. The van der Waals surface area contributed by atoms with Gasteiger partial charge in [0.05, 0.1) is 5.56 Å². The molecule has 0 amide bonds. The number of ether oxygens (including phenoxy) is 1. The standard InChI is InChI=1S/C14H15ClO2/c15-12-3-1-2-11(8-12)14(16)17-13-7-9-4-5-10(13)6-9/h1-3,8-10,13H,4-7H2. The van der Waals surface area contributed by atoms with Crippen LogP contribution in [0.2, 0.25) is 5.02 Å². The third kappa shape index (κ3) is 2.19. The lowest BCUT2D eigenvalue weighted by Gasteiger charge is -2.21. The highest BCUT2D eigenvalue weighted by molar-refractivity contribution is 6.30. The fourth-order valence-electron chi connectivity index (χ4n) is 3.15. The molecule has 3 atom stereocenters. The molecule has 0 heterocycles. The Hall–Kier alpha value is -1.02. The molecule has 0 spiro atoms. The average molecular weight is 251 g/mol. The zero-order chi connectivity index (χ0) is 11.8. The van der Waals surface area contributed by atoms with Gasteiger partial charge in [-0.05, 0) is 55.7 Å². The van der Waals surface area contributed by atoms with E-state index in [4.69, 9.17) is 16.3 Å². The molecule has 2 fully saturated rings. The van der Waals surface area contributed by atoms with Crippen LogP contribution in [-0.4, -0.2) is 12.1 Å². The molecular formula is C14H15ClO2. The maximum Gasteiger partial charge on any atom is 0.338 e. The molecule has 17 heavy (non-hydrogen) atoms. The molecule has 0 radical (unpaired) electrons. The molecule has 2 saturated carbocycles. The summed E-state index contributed by atoms with van der Waals surface area (Å²) in [5.41, 5.74) is 0.556. The van der Waals surface area contributed by atoms with Crippen molar-refractivity contribution in [2.75, 3.05) is 0 Å². The Morgan fingerprint density at radius 1 is 1.29 bits per heavy atom. The molecular weight excluding hydrogens is 236 g/mol. The third-order valence-electron chi connectivity index (χ3n) is 3.99. The number of carbonyl (C=O) groups excluding carboxylic acids is 1. The fraction of sp³-hybridized carbons (Fsp3) is 0.500. The third-order valence-corrected chi connectivity index (χ3v) is 4.23. The number of fused-ring (bicyclic) bond motifs is 2. The molecule has 1 aromatic carbocycles. The van der Waals surface area contributed by atoms with Gasteiger partial charge in [0.2, 0.25) is 0 Å². The van der Waals surface area contributed by atoms with Gasteiger partial charge in [-0.25, -0.2) is 4.79 Å². The highest BCUT2D eigenvalue weighted by Crippen LogP contribution is 2.46. The number of carbonyl (C=O) groups is 1. The monoisotopic (exact) mass is 250 g/mol. The number of hydrogen-bond acceptors (Lipinski definition) is 2. The van der Waals surface area contributed by atoms with E-state index in [1.54, 1.807) is 24.3 Å². The van der Waals surface area contributed by atoms with Crippen molar-refractivity contribution >= 4 is 17.6 Å². The summed E-state index contributed by atoms with van der Waals surface area (Å²) in [6.07, 6.45) is 4.97. The Balaban J connectivity index is 1.68. The van der Waals surface area contributed by atoms with Crippen molar-refractivity contribution in [3.63, 3.8) is 0 Å². The maximum atomic E-state index is 11.9.